The summed E-state index contributed by atoms with van der Waals surface area (Å²) in [6.07, 6.45) is -0.465. The van der Waals surface area contributed by atoms with Gasteiger partial charge in [0.1, 0.15) is 11.4 Å². The maximum atomic E-state index is 12.7. The van der Waals surface area contributed by atoms with Gasteiger partial charge < -0.3 is 19.7 Å². The molecule has 0 aliphatic heterocycles. The summed E-state index contributed by atoms with van der Waals surface area (Å²) in [6.45, 7) is 8.86. The summed E-state index contributed by atoms with van der Waals surface area (Å²) in [5, 5.41) is 2.71. The number of nitrogens with zero attached hydrogens (tertiary/aromatic N) is 1. The van der Waals surface area contributed by atoms with Crippen LogP contribution in [0.5, 0.6) is 5.75 Å². The Morgan fingerprint density at radius 2 is 1.55 bits per heavy atom. The van der Waals surface area contributed by atoms with Gasteiger partial charge in [-0.15, -0.1) is 0 Å². The Morgan fingerprint density at radius 3 is 2.10 bits per heavy atom. The molecule has 6 nitrogen and oxygen atoms in total. The minimum absolute atomic E-state index is 0.0643. The number of carbonyl (C=O) groups is 2. The summed E-state index contributed by atoms with van der Waals surface area (Å²) >= 11 is 0. The molecule has 0 saturated carbocycles. The van der Waals surface area contributed by atoms with Crippen molar-refractivity contribution < 1.29 is 19.1 Å². The third kappa shape index (κ3) is 7.49. The van der Waals surface area contributed by atoms with Crippen molar-refractivity contribution in [3.05, 3.63) is 65.2 Å². The second-order valence-corrected chi connectivity index (χ2v) is 7.79. The molecule has 0 atom stereocenters. The summed E-state index contributed by atoms with van der Waals surface area (Å²) < 4.78 is 10.6. The number of benzene rings is 2. The maximum Gasteiger partial charge on any atom is 0.407 e. The van der Waals surface area contributed by atoms with Crippen LogP contribution in [0, 0.1) is 0 Å². The largest absolute Gasteiger partial charge is 0.494 e. The van der Waals surface area contributed by atoms with Gasteiger partial charge in [-0.05, 0) is 63.1 Å². The monoisotopic (exact) mass is 398 g/mol. The van der Waals surface area contributed by atoms with Gasteiger partial charge in [0.05, 0.1) is 6.61 Å². The van der Waals surface area contributed by atoms with Gasteiger partial charge in [0.25, 0.3) is 5.91 Å². The molecular formula is C23H30N2O4. The minimum atomic E-state index is -0.533. The summed E-state index contributed by atoms with van der Waals surface area (Å²) in [6, 6.07) is 14.9. The molecule has 2 aromatic carbocycles. The summed E-state index contributed by atoms with van der Waals surface area (Å²) in [5.41, 5.74) is 1.98. The Bertz CT molecular complexity index is 808. The molecule has 6 heteroatoms. The van der Waals surface area contributed by atoms with Crippen LogP contribution in [0.15, 0.2) is 48.5 Å². The van der Waals surface area contributed by atoms with Crippen LogP contribution < -0.4 is 10.1 Å². The van der Waals surface area contributed by atoms with E-state index in [1.165, 1.54) is 0 Å². The van der Waals surface area contributed by atoms with Crippen LogP contribution in [0.4, 0.5) is 4.79 Å². The van der Waals surface area contributed by atoms with Crippen molar-refractivity contribution in [2.75, 3.05) is 13.7 Å². The van der Waals surface area contributed by atoms with Crippen LogP contribution in [-0.4, -0.2) is 36.2 Å². The number of hydrogen-bond donors (Lipinski definition) is 1. The highest BCUT2D eigenvalue weighted by atomic mass is 16.6. The number of carbonyl (C=O) groups excluding carboxylic acids is 2. The van der Waals surface area contributed by atoms with Crippen molar-refractivity contribution in [2.24, 2.45) is 0 Å². The molecule has 156 valence electrons. The first-order chi connectivity index (χ1) is 13.7. The fraction of sp³-hybridized carbons (Fsp3) is 0.391. The average molecular weight is 399 g/mol. The topological polar surface area (TPSA) is 67.9 Å². The lowest BCUT2D eigenvalue weighted by Crippen LogP contribution is -2.32. The van der Waals surface area contributed by atoms with E-state index < -0.39 is 11.7 Å². The van der Waals surface area contributed by atoms with Crippen LogP contribution in [0.3, 0.4) is 0 Å². The first kappa shape index (κ1) is 22.3. The number of hydrogen-bond acceptors (Lipinski definition) is 4. The zero-order valence-electron chi connectivity index (χ0n) is 17.8. The van der Waals surface area contributed by atoms with E-state index in [2.05, 4.69) is 5.32 Å². The molecule has 0 saturated heterocycles. The van der Waals surface area contributed by atoms with Gasteiger partial charge >= 0.3 is 6.09 Å². The molecule has 0 spiro atoms. The molecule has 0 fully saturated rings. The Balaban J connectivity index is 1.89. The number of nitrogens with one attached hydrogen (secondary N) is 1. The molecule has 29 heavy (non-hydrogen) atoms. The van der Waals surface area contributed by atoms with Gasteiger partial charge in [-0.1, -0.05) is 24.3 Å². The molecule has 2 aromatic rings. The van der Waals surface area contributed by atoms with Gasteiger partial charge in [0, 0.05) is 25.7 Å². The zero-order valence-corrected chi connectivity index (χ0v) is 17.8. The van der Waals surface area contributed by atoms with E-state index in [0.29, 0.717) is 25.3 Å². The molecule has 0 heterocycles. The Kier molecular flexibility index (Phi) is 7.65. The zero-order chi connectivity index (χ0) is 21.4. The van der Waals surface area contributed by atoms with Gasteiger partial charge in [0.2, 0.25) is 0 Å². The Morgan fingerprint density at radius 1 is 0.966 bits per heavy atom. The second kappa shape index (κ2) is 9.96. The van der Waals surface area contributed by atoms with Gasteiger partial charge in [-0.3, -0.25) is 4.79 Å². The van der Waals surface area contributed by atoms with Gasteiger partial charge in [-0.25, -0.2) is 4.79 Å². The molecule has 2 amide bonds. The molecule has 1 N–H and O–H groups in total. The molecule has 0 radical (unpaired) electrons. The lowest BCUT2D eigenvalue weighted by Gasteiger charge is -2.20. The SMILES string of the molecule is CCOc1ccc(CN(C)C(=O)c2ccc(CNC(=O)OC(C)(C)C)cc2)cc1. The van der Waals surface area contributed by atoms with Crippen LogP contribution in [-0.2, 0) is 17.8 Å². The molecule has 0 aromatic heterocycles. The molecule has 0 bridgehead atoms. The highest BCUT2D eigenvalue weighted by molar-refractivity contribution is 5.94. The van der Waals surface area contributed by atoms with Crippen molar-refractivity contribution >= 4 is 12.0 Å². The minimum Gasteiger partial charge on any atom is -0.494 e. The third-order valence-electron chi connectivity index (χ3n) is 4.04. The molecule has 0 aliphatic rings. The highest BCUT2D eigenvalue weighted by Crippen LogP contribution is 2.15. The Labute approximate surface area is 172 Å². The second-order valence-electron chi connectivity index (χ2n) is 7.79. The van der Waals surface area contributed by atoms with Crippen LogP contribution >= 0.6 is 0 Å². The molecule has 0 unspecified atom stereocenters. The standard InChI is InChI=1S/C23H30N2O4/c1-6-28-20-13-9-18(10-14-20)16-25(5)21(26)19-11-7-17(8-12-19)15-24-22(27)29-23(2,3)4/h7-14H,6,15-16H2,1-5H3,(H,24,27). The van der Waals surface area contributed by atoms with E-state index in [1.54, 1.807) is 24.1 Å². The summed E-state index contributed by atoms with van der Waals surface area (Å²) in [5.74, 6) is 0.756. The van der Waals surface area contributed by atoms with Crippen molar-refractivity contribution in [3.63, 3.8) is 0 Å². The number of amides is 2. The number of ether oxygens (including phenoxy) is 2. The average Bonchev–Trinajstić information content (AvgIpc) is 2.66. The van der Waals surface area contributed by atoms with E-state index in [1.807, 2.05) is 64.1 Å². The van der Waals surface area contributed by atoms with Crippen molar-refractivity contribution in [2.45, 2.75) is 46.4 Å². The van der Waals surface area contributed by atoms with Gasteiger partial charge in [-0.2, -0.15) is 0 Å². The van der Waals surface area contributed by atoms with Crippen molar-refractivity contribution in [1.29, 1.82) is 0 Å². The van der Waals surface area contributed by atoms with E-state index in [-0.39, 0.29) is 5.91 Å². The third-order valence-corrected chi connectivity index (χ3v) is 4.04. The first-order valence-electron chi connectivity index (χ1n) is 9.71. The predicted octanol–water partition coefficient (Wildman–Crippen LogP) is 4.38. The predicted molar refractivity (Wildman–Crippen MR) is 113 cm³/mol. The smallest absolute Gasteiger partial charge is 0.407 e. The van der Waals surface area contributed by atoms with Gasteiger partial charge in [0.15, 0.2) is 0 Å². The van der Waals surface area contributed by atoms with Crippen LogP contribution in [0.2, 0.25) is 0 Å². The lowest BCUT2D eigenvalue weighted by atomic mass is 10.1. The Hall–Kier alpha value is -3.02. The lowest BCUT2D eigenvalue weighted by molar-refractivity contribution is 0.0523. The highest BCUT2D eigenvalue weighted by Gasteiger charge is 2.16. The molecule has 2 rings (SSSR count). The van der Waals surface area contributed by atoms with Crippen molar-refractivity contribution in [3.8, 4) is 5.75 Å². The van der Waals surface area contributed by atoms with Crippen LogP contribution in [0.25, 0.3) is 0 Å². The fourth-order valence-electron chi connectivity index (χ4n) is 2.68. The summed E-state index contributed by atoms with van der Waals surface area (Å²) in [4.78, 5) is 26.1. The molecule has 0 aliphatic carbocycles. The first-order valence-corrected chi connectivity index (χ1v) is 9.71. The fourth-order valence-corrected chi connectivity index (χ4v) is 2.68. The molecular weight excluding hydrogens is 368 g/mol. The van der Waals surface area contributed by atoms with E-state index in [0.717, 1.165) is 16.9 Å². The van der Waals surface area contributed by atoms with E-state index >= 15 is 0 Å². The maximum absolute atomic E-state index is 12.7. The van der Waals surface area contributed by atoms with E-state index in [4.69, 9.17) is 9.47 Å². The number of rotatable bonds is 7. The summed E-state index contributed by atoms with van der Waals surface area (Å²) in [7, 11) is 1.77. The van der Waals surface area contributed by atoms with E-state index in [9.17, 15) is 9.59 Å². The van der Waals surface area contributed by atoms with Crippen molar-refractivity contribution in [1.82, 2.24) is 10.2 Å². The number of alkyl carbamates (subject to hydrolysis) is 1. The van der Waals surface area contributed by atoms with Crippen LogP contribution in [0.1, 0.15) is 49.2 Å². The normalized spacial score (nSPS) is 10.9. The quantitative estimate of drug-likeness (QED) is 0.751.